The summed E-state index contributed by atoms with van der Waals surface area (Å²) in [5.74, 6) is -1.28. The molecule has 0 bridgehead atoms. The van der Waals surface area contributed by atoms with Gasteiger partial charge in [-0.05, 0) is 35.0 Å². The standard InChI is InChI=1S/C14H10O8S2/c15-12-6-13(24(20,21)22)14(16)11-5-8-3-9(23(17,18)19)2-1-7(8)4-10(11)12/h1-6,15-16H,(H,17,18,19)(H,20,21,22). The predicted molar refractivity (Wildman–Crippen MR) is 84.4 cm³/mol. The van der Waals surface area contributed by atoms with Crippen molar-refractivity contribution in [3.8, 4) is 11.5 Å². The van der Waals surface area contributed by atoms with Crippen LogP contribution < -0.4 is 0 Å². The van der Waals surface area contributed by atoms with E-state index in [-0.39, 0.29) is 21.1 Å². The Hall–Kier alpha value is -2.40. The van der Waals surface area contributed by atoms with Gasteiger partial charge in [-0.3, -0.25) is 9.11 Å². The maximum Gasteiger partial charge on any atom is 0.298 e. The fourth-order valence-electron chi connectivity index (χ4n) is 2.44. The van der Waals surface area contributed by atoms with Crippen LogP contribution in [0.25, 0.3) is 21.5 Å². The van der Waals surface area contributed by atoms with E-state index in [0.717, 1.165) is 12.1 Å². The molecule has 0 atom stereocenters. The summed E-state index contributed by atoms with van der Waals surface area (Å²) in [6.45, 7) is 0. The summed E-state index contributed by atoms with van der Waals surface area (Å²) in [5.41, 5.74) is 0. The molecule has 0 radical (unpaired) electrons. The molecular formula is C14H10O8S2. The minimum absolute atomic E-state index is 0.104. The molecule has 0 fully saturated rings. The third kappa shape index (κ3) is 2.65. The lowest BCUT2D eigenvalue weighted by atomic mass is 10.0. The van der Waals surface area contributed by atoms with Gasteiger partial charge in [-0.15, -0.1) is 0 Å². The van der Waals surface area contributed by atoms with E-state index in [0.29, 0.717) is 11.5 Å². The number of aromatic hydroxyl groups is 2. The maximum absolute atomic E-state index is 11.3. The number of benzene rings is 3. The van der Waals surface area contributed by atoms with Crippen LogP contribution in [0.3, 0.4) is 0 Å². The normalized spacial score (nSPS) is 12.8. The molecule has 0 saturated heterocycles. The van der Waals surface area contributed by atoms with Crippen molar-refractivity contribution in [2.45, 2.75) is 9.79 Å². The molecule has 3 aromatic carbocycles. The summed E-state index contributed by atoms with van der Waals surface area (Å²) < 4.78 is 63.1. The van der Waals surface area contributed by atoms with Crippen molar-refractivity contribution in [3.63, 3.8) is 0 Å². The van der Waals surface area contributed by atoms with E-state index < -0.39 is 36.6 Å². The van der Waals surface area contributed by atoms with Crippen molar-refractivity contribution >= 4 is 41.8 Å². The SMILES string of the molecule is O=S(=O)(O)c1ccc2cc3c(O)cc(S(=O)(=O)O)c(O)c3cc2c1. The zero-order chi connectivity index (χ0) is 17.9. The Morgan fingerprint density at radius 1 is 0.708 bits per heavy atom. The lowest BCUT2D eigenvalue weighted by Crippen LogP contribution is -1.99. The summed E-state index contributed by atoms with van der Waals surface area (Å²) in [6, 6.07) is 7.02. The quantitative estimate of drug-likeness (QED) is 0.303. The summed E-state index contributed by atoms with van der Waals surface area (Å²) in [7, 11) is -9.22. The molecule has 0 amide bonds. The second kappa shape index (κ2) is 5.05. The molecule has 0 saturated carbocycles. The number of hydrogen-bond donors (Lipinski definition) is 4. The zero-order valence-electron chi connectivity index (χ0n) is 11.7. The molecule has 8 nitrogen and oxygen atoms in total. The lowest BCUT2D eigenvalue weighted by Gasteiger charge is -2.10. The predicted octanol–water partition coefficient (Wildman–Crippen LogP) is 1.90. The van der Waals surface area contributed by atoms with E-state index in [9.17, 15) is 27.0 Å². The summed E-state index contributed by atoms with van der Waals surface area (Å²) in [6.07, 6.45) is 0. The van der Waals surface area contributed by atoms with Gasteiger partial charge in [-0.1, -0.05) is 6.07 Å². The number of phenols is 2. The smallest absolute Gasteiger partial charge is 0.298 e. The zero-order valence-corrected chi connectivity index (χ0v) is 13.3. The first-order valence-electron chi connectivity index (χ1n) is 6.36. The highest BCUT2D eigenvalue weighted by atomic mass is 32.2. The second-order valence-electron chi connectivity index (χ2n) is 5.10. The van der Waals surface area contributed by atoms with E-state index in [4.69, 9.17) is 9.11 Å². The van der Waals surface area contributed by atoms with Crippen molar-refractivity contribution in [3.05, 3.63) is 36.4 Å². The Bertz CT molecular complexity index is 1210. The largest absolute Gasteiger partial charge is 0.507 e. The van der Waals surface area contributed by atoms with Gasteiger partial charge in [0.1, 0.15) is 16.4 Å². The van der Waals surface area contributed by atoms with E-state index in [2.05, 4.69) is 0 Å². The van der Waals surface area contributed by atoms with Crippen LogP contribution in [0.2, 0.25) is 0 Å². The van der Waals surface area contributed by atoms with Gasteiger partial charge in [0, 0.05) is 16.8 Å². The monoisotopic (exact) mass is 370 g/mol. The van der Waals surface area contributed by atoms with E-state index in [1.165, 1.54) is 18.2 Å². The van der Waals surface area contributed by atoms with Gasteiger partial charge < -0.3 is 10.2 Å². The fourth-order valence-corrected chi connectivity index (χ4v) is 3.57. The van der Waals surface area contributed by atoms with Gasteiger partial charge in [0.2, 0.25) is 0 Å². The molecule has 0 aliphatic rings. The Morgan fingerprint density at radius 3 is 1.92 bits per heavy atom. The number of rotatable bonds is 2. The van der Waals surface area contributed by atoms with Gasteiger partial charge >= 0.3 is 0 Å². The van der Waals surface area contributed by atoms with Crippen LogP contribution in [0.15, 0.2) is 46.2 Å². The first-order chi connectivity index (χ1) is 11.0. The number of phenolic OH excluding ortho intramolecular Hbond substituents is 2. The van der Waals surface area contributed by atoms with Crippen LogP contribution in [0.5, 0.6) is 11.5 Å². The van der Waals surface area contributed by atoms with Crippen LogP contribution in [0.1, 0.15) is 0 Å². The molecule has 0 aliphatic carbocycles. The number of hydrogen-bond acceptors (Lipinski definition) is 6. The van der Waals surface area contributed by atoms with Crippen molar-refractivity contribution in [1.29, 1.82) is 0 Å². The summed E-state index contributed by atoms with van der Waals surface area (Å²) in [5, 5.41) is 20.8. The molecule has 10 heteroatoms. The molecule has 3 rings (SSSR count). The maximum atomic E-state index is 11.3. The molecule has 0 aromatic heterocycles. The van der Waals surface area contributed by atoms with Crippen LogP contribution in [0.4, 0.5) is 0 Å². The topological polar surface area (TPSA) is 149 Å². The van der Waals surface area contributed by atoms with Crippen molar-refractivity contribution < 1.29 is 36.2 Å². The molecule has 3 aromatic rings. The Balaban J connectivity index is 2.46. The molecule has 0 heterocycles. The van der Waals surface area contributed by atoms with Gasteiger partial charge in [-0.2, -0.15) is 16.8 Å². The van der Waals surface area contributed by atoms with Crippen molar-refractivity contribution in [2.24, 2.45) is 0 Å². The minimum atomic E-state index is -4.78. The summed E-state index contributed by atoms with van der Waals surface area (Å²) in [4.78, 5) is -1.26. The molecule has 0 spiro atoms. The first kappa shape index (κ1) is 16.5. The minimum Gasteiger partial charge on any atom is -0.507 e. The fraction of sp³-hybridized carbons (Fsp3) is 0. The Morgan fingerprint density at radius 2 is 1.33 bits per heavy atom. The highest BCUT2D eigenvalue weighted by Gasteiger charge is 2.21. The third-order valence-electron chi connectivity index (χ3n) is 3.56. The van der Waals surface area contributed by atoms with E-state index in [1.807, 2.05) is 0 Å². The molecule has 0 unspecified atom stereocenters. The average Bonchev–Trinajstić information content (AvgIpc) is 2.46. The summed E-state index contributed by atoms with van der Waals surface area (Å²) >= 11 is 0. The van der Waals surface area contributed by atoms with Crippen molar-refractivity contribution in [1.82, 2.24) is 0 Å². The molecule has 126 valence electrons. The van der Waals surface area contributed by atoms with Crippen LogP contribution in [-0.4, -0.2) is 36.2 Å². The molecule has 0 aliphatic heterocycles. The van der Waals surface area contributed by atoms with Crippen LogP contribution >= 0.6 is 0 Å². The highest BCUT2D eigenvalue weighted by molar-refractivity contribution is 7.86. The van der Waals surface area contributed by atoms with Gasteiger partial charge in [0.25, 0.3) is 20.2 Å². The van der Waals surface area contributed by atoms with Gasteiger partial charge in [0.15, 0.2) is 0 Å². The van der Waals surface area contributed by atoms with E-state index in [1.54, 1.807) is 0 Å². The third-order valence-corrected chi connectivity index (χ3v) is 5.27. The molecule has 24 heavy (non-hydrogen) atoms. The molecule has 4 N–H and O–H groups in total. The van der Waals surface area contributed by atoms with Gasteiger partial charge in [-0.25, -0.2) is 0 Å². The number of fused-ring (bicyclic) bond motifs is 2. The van der Waals surface area contributed by atoms with Crippen LogP contribution in [-0.2, 0) is 20.2 Å². The first-order valence-corrected chi connectivity index (χ1v) is 9.24. The van der Waals surface area contributed by atoms with Crippen molar-refractivity contribution in [2.75, 3.05) is 0 Å². The highest BCUT2D eigenvalue weighted by Crippen LogP contribution is 2.40. The Kier molecular flexibility index (Phi) is 3.46. The van der Waals surface area contributed by atoms with E-state index >= 15 is 0 Å². The lowest BCUT2D eigenvalue weighted by molar-refractivity contribution is 0.440. The second-order valence-corrected chi connectivity index (χ2v) is 7.91. The Labute approximate surface area is 136 Å². The van der Waals surface area contributed by atoms with Gasteiger partial charge in [0.05, 0.1) is 4.90 Å². The van der Waals surface area contributed by atoms with Crippen LogP contribution in [0, 0.1) is 0 Å². The molecular weight excluding hydrogens is 360 g/mol. The average molecular weight is 370 g/mol.